The van der Waals surface area contributed by atoms with Gasteiger partial charge < -0.3 is 25.2 Å². The normalized spacial score (nSPS) is 13.4. The third-order valence-corrected chi connectivity index (χ3v) is 1.86. The summed E-state index contributed by atoms with van der Waals surface area (Å²) in [6.45, 7) is -0.489. The van der Waals surface area contributed by atoms with Gasteiger partial charge >= 0.3 is 23.9 Å². The van der Waals surface area contributed by atoms with E-state index in [-0.39, 0.29) is 0 Å². The van der Waals surface area contributed by atoms with Gasteiger partial charge in [0.2, 0.25) is 0 Å². The van der Waals surface area contributed by atoms with Crippen LogP contribution in [0.1, 0.15) is 19.3 Å². The van der Waals surface area contributed by atoms with Crippen molar-refractivity contribution in [1.82, 2.24) is 0 Å². The molecule has 0 saturated heterocycles. The Labute approximate surface area is 101 Å². The maximum absolute atomic E-state index is 11.1. The van der Waals surface area contributed by atoms with Crippen molar-refractivity contribution >= 4 is 23.9 Å². The van der Waals surface area contributed by atoms with Crippen molar-refractivity contribution in [1.29, 1.82) is 0 Å². The first-order valence-corrected chi connectivity index (χ1v) is 4.72. The van der Waals surface area contributed by atoms with E-state index in [0.717, 1.165) is 0 Å². The highest BCUT2D eigenvalue weighted by Crippen LogP contribution is 2.17. The summed E-state index contributed by atoms with van der Waals surface area (Å²) in [7, 11) is 0. The summed E-state index contributed by atoms with van der Waals surface area (Å²) in [5.41, 5.74) is -2.77. The van der Waals surface area contributed by atoms with Crippen molar-refractivity contribution in [2.75, 3.05) is 6.61 Å². The summed E-state index contributed by atoms with van der Waals surface area (Å²) in [4.78, 5) is 42.2. The molecule has 0 bridgehead atoms. The second-order valence-corrected chi connectivity index (χ2v) is 3.45. The molecule has 0 spiro atoms. The van der Waals surface area contributed by atoms with Crippen LogP contribution in [0, 0.1) is 0 Å². The predicted molar refractivity (Wildman–Crippen MR) is 52.7 cm³/mol. The molecule has 1 atom stereocenters. The van der Waals surface area contributed by atoms with E-state index < -0.39 is 55.3 Å². The van der Waals surface area contributed by atoms with E-state index in [9.17, 15) is 24.3 Å². The lowest BCUT2D eigenvalue weighted by Crippen LogP contribution is -2.43. The molecule has 0 aromatic rings. The van der Waals surface area contributed by atoms with Gasteiger partial charge in [-0.25, -0.2) is 4.79 Å². The molecule has 0 radical (unpaired) electrons. The molecule has 0 aliphatic rings. The SMILES string of the molecule is O=C(O)CCOC(=O)CC(O)(CC(=O)O)C(=O)O. The van der Waals surface area contributed by atoms with Crippen LogP contribution in [0.3, 0.4) is 0 Å². The van der Waals surface area contributed by atoms with Crippen molar-refractivity contribution < 1.29 is 44.3 Å². The van der Waals surface area contributed by atoms with E-state index in [1.54, 1.807) is 0 Å². The Kier molecular flexibility index (Phi) is 5.76. The van der Waals surface area contributed by atoms with Gasteiger partial charge in [-0.1, -0.05) is 0 Å². The lowest BCUT2D eigenvalue weighted by molar-refractivity contribution is -0.172. The molecule has 0 aliphatic carbocycles. The second kappa shape index (κ2) is 6.55. The van der Waals surface area contributed by atoms with Crippen molar-refractivity contribution in [3.05, 3.63) is 0 Å². The van der Waals surface area contributed by atoms with Gasteiger partial charge in [0.25, 0.3) is 0 Å². The number of carboxylic acid groups (broad SMARTS) is 3. The van der Waals surface area contributed by atoms with Crippen LogP contribution < -0.4 is 0 Å². The molecule has 102 valence electrons. The van der Waals surface area contributed by atoms with Crippen LogP contribution >= 0.6 is 0 Å². The molecule has 0 amide bonds. The van der Waals surface area contributed by atoms with Gasteiger partial charge in [-0.3, -0.25) is 14.4 Å². The Morgan fingerprint density at radius 1 is 0.944 bits per heavy atom. The number of carbonyl (C=O) groups excluding carboxylic acids is 1. The number of rotatable bonds is 8. The second-order valence-electron chi connectivity index (χ2n) is 3.45. The standard InChI is InChI=1S/C9H12O9/c10-5(11)1-2-18-7(14)4-9(17,8(15)16)3-6(12)13/h17H,1-4H2,(H,10,11)(H,12,13)(H,15,16). The molecule has 9 nitrogen and oxygen atoms in total. The van der Waals surface area contributed by atoms with Crippen LogP contribution in [-0.2, 0) is 23.9 Å². The molecule has 18 heavy (non-hydrogen) atoms. The summed E-state index contributed by atoms with van der Waals surface area (Å²) in [5.74, 6) is -5.89. The highest BCUT2D eigenvalue weighted by atomic mass is 16.5. The summed E-state index contributed by atoms with van der Waals surface area (Å²) < 4.78 is 4.34. The van der Waals surface area contributed by atoms with E-state index in [4.69, 9.17) is 15.3 Å². The van der Waals surface area contributed by atoms with Gasteiger partial charge in [0.05, 0.1) is 19.3 Å². The number of aliphatic hydroxyl groups is 1. The topological polar surface area (TPSA) is 158 Å². The molecule has 4 N–H and O–H groups in total. The molecule has 0 aromatic carbocycles. The number of carbonyl (C=O) groups is 4. The van der Waals surface area contributed by atoms with E-state index in [0.29, 0.717) is 0 Å². The van der Waals surface area contributed by atoms with Crippen molar-refractivity contribution in [2.45, 2.75) is 24.9 Å². The molecule has 0 aliphatic heterocycles. The molecule has 0 aromatic heterocycles. The zero-order valence-corrected chi connectivity index (χ0v) is 9.16. The van der Waals surface area contributed by atoms with Crippen molar-refractivity contribution in [2.24, 2.45) is 0 Å². The first-order valence-electron chi connectivity index (χ1n) is 4.72. The number of hydrogen-bond acceptors (Lipinski definition) is 6. The molecule has 0 heterocycles. The van der Waals surface area contributed by atoms with E-state index in [1.165, 1.54) is 0 Å². The maximum Gasteiger partial charge on any atom is 0.336 e. The van der Waals surface area contributed by atoms with Gasteiger partial charge in [0.15, 0.2) is 5.60 Å². The van der Waals surface area contributed by atoms with Crippen LogP contribution in [0.4, 0.5) is 0 Å². The van der Waals surface area contributed by atoms with E-state index >= 15 is 0 Å². The minimum atomic E-state index is -2.77. The minimum absolute atomic E-state index is 0.476. The first-order chi connectivity index (χ1) is 8.17. The number of esters is 1. The number of ether oxygens (including phenoxy) is 1. The fraction of sp³-hybridized carbons (Fsp3) is 0.556. The van der Waals surface area contributed by atoms with Crippen molar-refractivity contribution in [3.8, 4) is 0 Å². The van der Waals surface area contributed by atoms with E-state index in [2.05, 4.69) is 4.74 Å². The molecule has 0 fully saturated rings. The van der Waals surface area contributed by atoms with Crippen LogP contribution in [-0.4, -0.2) is 56.5 Å². The fourth-order valence-corrected chi connectivity index (χ4v) is 1.01. The summed E-state index contributed by atoms with van der Waals surface area (Å²) in [6, 6.07) is 0. The van der Waals surface area contributed by atoms with Crippen LogP contribution in [0.25, 0.3) is 0 Å². The maximum atomic E-state index is 11.1. The monoisotopic (exact) mass is 264 g/mol. The van der Waals surface area contributed by atoms with Crippen LogP contribution in [0.15, 0.2) is 0 Å². The Hall–Kier alpha value is -2.16. The fourth-order valence-electron chi connectivity index (χ4n) is 1.01. The Balaban J connectivity index is 4.41. The van der Waals surface area contributed by atoms with Crippen LogP contribution in [0.5, 0.6) is 0 Å². The van der Waals surface area contributed by atoms with Gasteiger partial charge in [-0.2, -0.15) is 0 Å². The number of carboxylic acids is 3. The first kappa shape index (κ1) is 15.8. The lowest BCUT2D eigenvalue weighted by Gasteiger charge is -2.19. The highest BCUT2D eigenvalue weighted by molar-refractivity contribution is 5.88. The largest absolute Gasteiger partial charge is 0.481 e. The third-order valence-electron chi connectivity index (χ3n) is 1.86. The molecule has 0 rings (SSSR count). The lowest BCUT2D eigenvalue weighted by atomic mass is 9.96. The molecule has 0 saturated carbocycles. The summed E-state index contributed by atoms with van der Waals surface area (Å²) >= 11 is 0. The predicted octanol–water partition coefficient (Wildman–Crippen LogP) is -1.32. The molecule has 1 unspecified atom stereocenters. The quantitative estimate of drug-likeness (QED) is 0.390. The van der Waals surface area contributed by atoms with Crippen LogP contribution in [0.2, 0.25) is 0 Å². The smallest absolute Gasteiger partial charge is 0.336 e. The number of hydrogen-bond donors (Lipinski definition) is 4. The highest BCUT2D eigenvalue weighted by Gasteiger charge is 2.41. The zero-order chi connectivity index (χ0) is 14.3. The van der Waals surface area contributed by atoms with Gasteiger partial charge in [0.1, 0.15) is 6.61 Å². The van der Waals surface area contributed by atoms with Gasteiger partial charge in [0, 0.05) is 0 Å². The molecular weight excluding hydrogens is 252 g/mol. The van der Waals surface area contributed by atoms with Crippen molar-refractivity contribution in [3.63, 3.8) is 0 Å². The van der Waals surface area contributed by atoms with Gasteiger partial charge in [-0.15, -0.1) is 0 Å². The Morgan fingerprint density at radius 3 is 1.89 bits per heavy atom. The molecular formula is C9H12O9. The summed E-state index contributed by atoms with van der Waals surface area (Å²) in [5, 5.41) is 34.7. The third kappa shape index (κ3) is 5.80. The zero-order valence-electron chi connectivity index (χ0n) is 9.16. The Morgan fingerprint density at radius 2 is 1.50 bits per heavy atom. The average Bonchev–Trinajstić information content (AvgIpc) is 2.14. The molecule has 9 heteroatoms. The average molecular weight is 264 g/mol. The number of aliphatic carboxylic acids is 3. The minimum Gasteiger partial charge on any atom is -0.481 e. The van der Waals surface area contributed by atoms with Gasteiger partial charge in [-0.05, 0) is 0 Å². The Bertz CT molecular complexity index is 361. The van der Waals surface area contributed by atoms with E-state index in [1.807, 2.05) is 0 Å². The summed E-state index contributed by atoms with van der Waals surface area (Å²) in [6.07, 6.45) is -2.72.